The molecule has 0 spiro atoms. The number of nitro benzene ring substituents is 3. The third-order valence-corrected chi connectivity index (χ3v) is 5.59. The van der Waals surface area contributed by atoms with Crippen LogP contribution in [0.3, 0.4) is 0 Å². The minimum absolute atomic E-state index is 0.0518. The summed E-state index contributed by atoms with van der Waals surface area (Å²) in [6.45, 7) is 5.31. The predicted molar refractivity (Wildman–Crippen MR) is 142 cm³/mol. The van der Waals surface area contributed by atoms with Gasteiger partial charge in [-0.15, -0.1) is 0 Å². The van der Waals surface area contributed by atoms with Crippen LogP contribution < -0.4 is 10.7 Å². The number of aryl methyl sites for hydroxylation is 1. The number of hydrogen-bond donors (Lipinski definition) is 2. The van der Waals surface area contributed by atoms with Crippen molar-refractivity contribution in [1.82, 2.24) is 10.7 Å². The Morgan fingerprint density at radius 1 is 0.925 bits per heavy atom. The van der Waals surface area contributed by atoms with Gasteiger partial charge in [0.05, 0.1) is 32.6 Å². The summed E-state index contributed by atoms with van der Waals surface area (Å²) >= 11 is 0. The zero-order valence-corrected chi connectivity index (χ0v) is 21.5. The fourth-order valence-corrected chi connectivity index (χ4v) is 3.72. The smallest absolute Gasteiger partial charge is 0.277 e. The molecule has 0 bridgehead atoms. The van der Waals surface area contributed by atoms with Crippen molar-refractivity contribution in [3.63, 3.8) is 0 Å². The quantitative estimate of drug-likeness (QED) is 0.197. The molecule has 2 amide bonds. The molecule has 0 unspecified atom stereocenters. The summed E-state index contributed by atoms with van der Waals surface area (Å²) < 4.78 is 5.69. The summed E-state index contributed by atoms with van der Waals surface area (Å²) in [6.07, 6.45) is 1.40. The van der Waals surface area contributed by atoms with Crippen molar-refractivity contribution in [3.8, 4) is 11.3 Å². The van der Waals surface area contributed by atoms with E-state index in [1.165, 1.54) is 18.3 Å². The van der Waals surface area contributed by atoms with Gasteiger partial charge in [-0.25, -0.2) is 5.43 Å². The van der Waals surface area contributed by atoms with Crippen LogP contribution in [0.5, 0.6) is 0 Å². The molecule has 0 radical (unpaired) electrons. The number of amides is 2. The lowest BCUT2D eigenvalue weighted by Crippen LogP contribution is -2.46. The van der Waals surface area contributed by atoms with Gasteiger partial charge >= 0.3 is 0 Å². The van der Waals surface area contributed by atoms with Crippen molar-refractivity contribution in [2.45, 2.75) is 33.2 Å². The monoisotopic (exact) mass is 552 g/mol. The van der Waals surface area contributed by atoms with Crippen LogP contribution in [-0.2, 0) is 4.79 Å². The van der Waals surface area contributed by atoms with Crippen molar-refractivity contribution in [2.24, 2.45) is 11.0 Å². The standard InChI is InChI=1S/C25H24N6O9/c1-14(2)8-22(27-24(32)16-10-18(30(36)37)12-19(11-16)31(38)39)25(33)28-26-13-20-5-7-23(40-20)21-6-4-17(29(34)35)9-15(21)3/h4-7,9-14,22H,8H2,1-3H3,(H,27,32)(H,28,33)/b26-13-/t22-/m0/s1. The molecule has 1 aromatic heterocycles. The van der Waals surface area contributed by atoms with E-state index in [9.17, 15) is 39.9 Å². The molecule has 15 heteroatoms. The lowest BCUT2D eigenvalue weighted by Gasteiger charge is -2.18. The third kappa shape index (κ3) is 7.31. The van der Waals surface area contributed by atoms with Crippen molar-refractivity contribution >= 4 is 35.1 Å². The maximum atomic E-state index is 12.8. The van der Waals surface area contributed by atoms with Crippen molar-refractivity contribution in [1.29, 1.82) is 0 Å². The van der Waals surface area contributed by atoms with Gasteiger partial charge in [0.1, 0.15) is 17.6 Å². The highest BCUT2D eigenvalue weighted by Gasteiger charge is 2.25. The van der Waals surface area contributed by atoms with E-state index < -0.39 is 44.0 Å². The van der Waals surface area contributed by atoms with Crippen LogP contribution in [-0.4, -0.2) is 38.8 Å². The Morgan fingerprint density at radius 2 is 1.55 bits per heavy atom. The molecule has 0 saturated heterocycles. The van der Waals surface area contributed by atoms with E-state index >= 15 is 0 Å². The molecule has 15 nitrogen and oxygen atoms in total. The number of furan rings is 1. The lowest BCUT2D eigenvalue weighted by molar-refractivity contribution is -0.394. The molecule has 0 aliphatic heterocycles. The van der Waals surface area contributed by atoms with Crippen molar-refractivity contribution in [2.75, 3.05) is 0 Å². The first kappa shape index (κ1) is 29.1. The first-order chi connectivity index (χ1) is 18.8. The molecule has 208 valence electrons. The van der Waals surface area contributed by atoms with E-state index in [4.69, 9.17) is 4.42 Å². The second-order valence-electron chi connectivity index (χ2n) is 9.10. The summed E-state index contributed by atoms with van der Waals surface area (Å²) in [4.78, 5) is 56.6. The normalized spacial score (nSPS) is 11.8. The number of carbonyl (C=O) groups excluding carboxylic acids is 2. The Kier molecular flexibility index (Phi) is 9.01. The molecule has 3 rings (SSSR count). The second kappa shape index (κ2) is 12.4. The summed E-state index contributed by atoms with van der Waals surface area (Å²) in [5.74, 6) is -0.975. The van der Waals surface area contributed by atoms with Crippen LogP contribution in [0.4, 0.5) is 17.1 Å². The van der Waals surface area contributed by atoms with Gasteiger partial charge in [-0.1, -0.05) is 13.8 Å². The molecular weight excluding hydrogens is 528 g/mol. The third-order valence-electron chi connectivity index (χ3n) is 5.59. The topological polar surface area (TPSA) is 213 Å². The highest BCUT2D eigenvalue weighted by atomic mass is 16.6. The molecule has 3 aromatic rings. The number of nitro groups is 3. The van der Waals surface area contributed by atoms with E-state index in [1.54, 1.807) is 39.0 Å². The average molecular weight is 553 g/mol. The number of rotatable bonds is 11. The second-order valence-corrected chi connectivity index (χ2v) is 9.10. The molecule has 0 saturated carbocycles. The highest BCUT2D eigenvalue weighted by Crippen LogP contribution is 2.28. The fraction of sp³-hybridized carbons (Fsp3) is 0.240. The maximum absolute atomic E-state index is 12.8. The van der Waals surface area contributed by atoms with Gasteiger partial charge in [0.15, 0.2) is 0 Å². The van der Waals surface area contributed by atoms with Gasteiger partial charge in [0.25, 0.3) is 28.9 Å². The van der Waals surface area contributed by atoms with E-state index in [0.717, 1.165) is 18.2 Å². The number of nitrogens with zero attached hydrogens (tertiary/aromatic N) is 4. The molecule has 40 heavy (non-hydrogen) atoms. The van der Waals surface area contributed by atoms with Crippen LogP contribution in [0, 0.1) is 43.2 Å². The number of benzene rings is 2. The van der Waals surface area contributed by atoms with Crippen LogP contribution in [0.15, 0.2) is 58.0 Å². The van der Waals surface area contributed by atoms with Crippen molar-refractivity contribution in [3.05, 3.63) is 95.8 Å². The van der Waals surface area contributed by atoms with Crippen LogP contribution >= 0.6 is 0 Å². The summed E-state index contributed by atoms with van der Waals surface area (Å²) in [6, 6.07) is 8.92. The molecule has 2 N–H and O–H groups in total. The predicted octanol–water partition coefficient (Wildman–Crippen LogP) is 4.27. The van der Waals surface area contributed by atoms with Gasteiger partial charge in [0.2, 0.25) is 0 Å². The fourth-order valence-electron chi connectivity index (χ4n) is 3.72. The Labute approximate surface area is 226 Å². The minimum Gasteiger partial charge on any atom is -0.455 e. The van der Waals surface area contributed by atoms with Crippen LogP contribution in [0.1, 0.15) is 41.9 Å². The zero-order valence-electron chi connectivity index (χ0n) is 21.5. The first-order valence-corrected chi connectivity index (χ1v) is 11.8. The summed E-state index contributed by atoms with van der Waals surface area (Å²) in [5.41, 5.74) is 1.87. The molecule has 1 atom stereocenters. The molecule has 2 aromatic carbocycles. The summed E-state index contributed by atoms with van der Waals surface area (Å²) in [7, 11) is 0. The van der Waals surface area contributed by atoms with Gasteiger partial charge < -0.3 is 9.73 Å². The SMILES string of the molecule is Cc1cc([N+](=O)[O-])ccc1-c1ccc(/C=N\NC(=O)[C@H](CC(C)C)NC(=O)c2cc([N+](=O)[O-])cc([N+](=O)[O-])c2)o1. The Morgan fingerprint density at radius 3 is 2.10 bits per heavy atom. The van der Waals surface area contributed by atoms with Crippen LogP contribution in [0.2, 0.25) is 0 Å². The number of carbonyl (C=O) groups is 2. The summed E-state index contributed by atoms with van der Waals surface area (Å²) in [5, 5.41) is 39.5. The molecular formula is C25H24N6O9. The van der Waals surface area contributed by atoms with Gasteiger partial charge in [-0.05, 0) is 43.0 Å². The van der Waals surface area contributed by atoms with Crippen LogP contribution in [0.25, 0.3) is 11.3 Å². The largest absolute Gasteiger partial charge is 0.455 e. The number of nitrogens with one attached hydrogen (secondary N) is 2. The molecule has 0 aliphatic rings. The maximum Gasteiger partial charge on any atom is 0.277 e. The average Bonchev–Trinajstić information content (AvgIpc) is 3.35. The van der Waals surface area contributed by atoms with Gasteiger partial charge in [-0.3, -0.25) is 39.9 Å². The van der Waals surface area contributed by atoms with E-state index in [1.807, 2.05) is 0 Å². The molecule has 1 heterocycles. The molecule has 0 aliphatic carbocycles. The number of hydrogen-bond acceptors (Lipinski definition) is 10. The number of hydrazone groups is 1. The highest BCUT2D eigenvalue weighted by molar-refractivity contribution is 5.98. The minimum atomic E-state index is -1.11. The van der Waals surface area contributed by atoms with E-state index in [-0.39, 0.29) is 29.3 Å². The lowest BCUT2D eigenvalue weighted by atomic mass is 10.0. The van der Waals surface area contributed by atoms with Crippen molar-refractivity contribution < 1.29 is 28.8 Å². The first-order valence-electron chi connectivity index (χ1n) is 11.8. The molecule has 0 fully saturated rings. The Bertz CT molecular complexity index is 1480. The van der Waals surface area contributed by atoms with E-state index in [2.05, 4.69) is 15.8 Å². The number of non-ortho nitro benzene ring substituents is 3. The van der Waals surface area contributed by atoms with E-state index in [0.29, 0.717) is 16.9 Å². The van der Waals surface area contributed by atoms with Gasteiger partial charge in [-0.2, -0.15) is 5.10 Å². The van der Waals surface area contributed by atoms with Gasteiger partial charge in [0, 0.05) is 29.8 Å². The Hall–Kier alpha value is -5.47. The zero-order chi connectivity index (χ0) is 29.6. The Balaban J connectivity index is 1.72.